The second-order valence-electron chi connectivity index (χ2n) is 3.09. The molecule has 1 aliphatic rings. The maximum Gasteiger partial charge on any atom is 0.225 e. The van der Waals surface area contributed by atoms with Gasteiger partial charge in [-0.2, -0.15) is 0 Å². The standard InChI is InChI=1S/C8H13NO2/c1-6(2)4-9-5-7(10)3-8(9)11/h7,10H,1,3-5H2,2H3. The van der Waals surface area contributed by atoms with Crippen LogP contribution >= 0.6 is 0 Å². The van der Waals surface area contributed by atoms with Crippen LogP contribution in [0.2, 0.25) is 0 Å². The van der Waals surface area contributed by atoms with Crippen LogP contribution in [0.4, 0.5) is 0 Å². The predicted molar refractivity (Wildman–Crippen MR) is 42.0 cm³/mol. The highest BCUT2D eigenvalue weighted by Gasteiger charge is 2.27. The van der Waals surface area contributed by atoms with Gasteiger partial charge in [0.1, 0.15) is 0 Å². The van der Waals surface area contributed by atoms with Crippen molar-refractivity contribution < 1.29 is 9.90 Å². The lowest BCUT2D eigenvalue weighted by Gasteiger charge is -2.14. The van der Waals surface area contributed by atoms with Gasteiger partial charge in [0.15, 0.2) is 0 Å². The number of carbonyl (C=O) groups is 1. The van der Waals surface area contributed by atoms with Crippen LogP contribution < -0.4 is 0 Å². The molecule has 1 atom stereocenters. The topological polar surface area (TPSA) is 40.5 Å². The molecule has 0 aromatic rings. The van der Waals surface area contributed by atoms with Gasteiger partial charge in [-0.3, -0.25) is 4.79 Å². The van der Waals surface area contributed by atoms with Crippen LogP contribution in [0.1, 0.15) is 13.3 Å². The van der Waals surface area contributed by atoms with E-state index in [9.17, 15) is 4.79 Å². The van der Waals surface area contributed by atoms with E-state index in [4.69, 9.17) is 5.11 Å². The molecular weight excluding hydrogens is 142 g/mol. The molecule has 1 rings (SSSR count). The molecule has 1 saturated heterocycles. The lowest BCUT2D eigenvalue weighted by atomic mass is 10.3. The summed E-state index contributed by atoms with van der Waals surface area (Å²) in [6.07, 6.45) is -0.199. The predicted octanol–water partition coefficient (Wildman–Crippen LogP) is 0.156. The minimum atomic E-state index is -0.471. The Kier molecular flexibility index (Phi) is 2.29. The average molecular weight is 155 g/mol. The van der Waals surface area contributed by atoms with Crippen molar-refractivity contribution in [2.45, 2.75) is 19.4 Å². The quantitative estimate of drug-likeness (QED) is 0.577. The van der Waals surface area contributed by atoms with Crippen molar-refractivity contribution in [3.05, 3.63) is 12.2 Å². The number of hydrogen-bond acceptors (Lipinski definition) is 2. The molecule has 1 heterocycles. The number of aliphatic hydroxyl groups is 1. The normalized spacial score (nSPS) is 24.4. The van der Waals surface area contributed by atoms with Crippen molar-refractivity contribution in [1.82, 2.24) is 4.90 Å². The molecule has 0 bridgehead atoms. The van der Waals surface area contributed by atoms with E-state index in [-0.39, 0.29) is 12.3 Å². The molecule has 0 radical (unpaired) electrons. The third-order valence-electron chi connectivity index (χ3n) is 1.65. The highest BCUT2D eigenvalue weighted by atomic mass is 16.3. The van der Waals surface area contributed by atoms with Crippen molar-refractivity contribution in [3.8, 4) is 0 Å². The van der Waals surface area contributed by atoms with E-state index in [2.05, 4.69) is 6.58 Å². The Morgan fingerprint density at radius 1 is 1.91 bits per heavy atom. The molecular formula is C8H13NO2. The number of β-amino-alcohol motifs (C(OH)–C–C–N with tert-alkyl or cyclic N) is 1. The summed E-state index contributed by atoms with van der Waals surface area (Å²) in [7, 11) is 0. The molecule has 11 heavy (non-hydrogen) atoms. The Labute approximate surface area is 66.3 Å². The van der Waals surface area contributed by atoms with Crippen LogP contribution in [0.25, 0.3) is 0 Å². The Bertz CT molecular complexity index is 189. The summed E-state index contributed by atoms with van der Waals surface area (Å²) in [5.74, 6) is 0.0282. The summed E-state index contributed by atoms with van der Waals surface area (Å²) in [4.78, 5) is 12.7. The van der Waals surface area contributed by atoms with E-state index in [1.165, 1.54) is 0 Å². The van der Waals surface area contributed by atoms with E-state index in [0.29, 0.717) is 13.1 Å². The minimum absolute atomic E-state index is 0.0282. The lowest BCUT2D eigenvalue weighted by molar-refractivity contribution is -0.127. The summed E-state index contributed by atoms with van der Waals surface area (Å²) in [6, 6.07) is 0. The van der Waals surface area contributed by atoms with Gasteiger partial charge in [0, 0.05) is 13.1 Å². The van der Waals surface area contributed by atoms with Gasteiger partial charge < -0.3 is 10.0 Å². The highest BCUT2D eigenvalue weighted by Crippen LogP contribution is 2.11. The van der Waals surface area contributed by atoms with Crippen LogP contribution in [0.15, 0.2) is 12.2 Å². The molecule has 1 unspecified atom stereocenters. The largest absolute Gasteiger partial charge is 0.391 e. The Balaban J connectivity index is 2.47. The molecule has 0 aromatic carbocycles. The van der Waals surface area contributed by atoms with Gasteiger partial charge in [-0.1, -0.05) is 12.2 Å². The number of likely N-dealkylation sites (tertiary alicyclic amines) is 1. The first-order valence-electron chi connectivity index (χ1n) is 3.70. The molecule has 0 aliphatic carbocycles. The maximum atomic E-state index is 11.0. The fraction of sp³-hybridized carbons (Fsp3) is 0.625. The number of carbonyl (C=O) groups excluding carboxylic acids is 1. The van der Waals surface area contributed by atoms with Crippen molar-refractivity contribution in [1.29, 1.82) is 0 Å². The van der Waals surface area contributed by atoms with E-state index in [1.54, 1.807) is 4.90 Å². The van der Waals surface area contributed by atoms with E-state index < -0.39 is 6.10 Å². The fourth-order valence-corrected chi connectivity index (χ4v) is 1.23. The van der Waals surface area contributed by atoms with Crippen LogP contribution in [-0.2, 0) is 4.79 Å². The van der Waals surface area contributed by atoms with E-state index >= 15 is 0 Å². The molecule has 1 fully saturated rings. The van der Waals surface area contributed by atoms with Crippen LogP contribution in [0.3, 0.4) is 0 Å². The maximum absolute atomic E-state index is 11.0. The van der Waals surface area contributed by atoms with Gasteiger partial charge in [0.2, 0.25) is 5.91 Å². The Hall–Kier alpha value is -0.830. The zero-order valence-corrected chi connectivity index (χ0v) is 6.71. The number of nitrogens with zero attached hydrogens (tertiary/aromatic N) is 1. The fourth-order valence-electron chi connectivity index (χ4n) is 1.23. The Morgan fingerprint density at radius 3 is 2.91 bits per heavy atom. The van der Waals surface area contributed by atoms with Crippen molar-refractivity contribution in [3.63, 3.8) is 0 Å². The smallest absolute Gasteiger partial charge is 0.225 e. The summed E-state index contributed by atoms with van der Waals surface area (Å²) in [5.41, 5.74) is 0.951. The molecule has 3 heteroatoms. The van der Waals surface area contributed by atoms with E-state index in [0.717, 1.165) is 5.57 Å². The molecule has 0 aromatic heterocycles. The van der Waals surface area contributed by atoms with Crippen molar-refractivity contribution in [2.75, 3.05) is 13.1 Å². The van der Waals surface area contributed by atoms with Crippen LogP contribution in [0, 0.1) is 0 Å². The van der Waals surface area contributed by atoms with Gasteiger partial charge >= 0.3 is 0 Å². The lowest BCUT2D eigenvalue weighted by Crippen LogP contribution is -2.27. The third-order valence-corrected chi connectivity index (χ3v) is 1.65. The zero-order chi connectivity index (χ0) is 8.43. The molecule has 1 N–H and O–H groups in total. The first-order chi connectivity index (χ1) is 5.09. The summed E-state index contributed by atoms with van der Waals surface area (Å²) in [5, 5.41) is 9.09. The second-order valence-corrected chi connectivity index (χ2v) is 3.09. The zero-order valence-electron chi connectivity index (χ0n) is 6.71. The number of rotatable bonds is 2. The number of aliphatic hydroxyl groups excluding tert-OH is 1. The molecule has 0 spiro atoms. The monoisotopic (exact) mass is 155 g/mol. The molecule has 3 nitrogen and oxygen atoms in total. The van der Waals surface area contributed by atoms with Crippen LogP contribution in [0.5, 0.6) is 0 Å². The van der Waals surface area contributed by atoms with Crippen molar-refractivity contribution in [2.24, 2.45) is 0 Å². The van der Waals surface area contributed by atoms with Gasteiger partial charge in [0.25, 0.3) is 0 Å². The van der Waals surface area contributed by atoms with E-state index in [1.807, 2.05) is 6.92 Å². The number of amides is 1. The summed E-state index contributed by atoms with van der Waals surface area (Å²) >= 11 is 0. The first-order valence-corrected chi connectivity index (χ1v) is 3.70. The van der Waals surface area contributed by atoms with Crippen LogP contribution in [-0.4, -0.2) is 35.1 Å². The van der Waals surface area contributed by atoms with Gasteiger partial charge in [-0.15, -0.1) is 0 Å². The molecule has 1 aliphatic heterocycles. The van der Waals surface area contributed by atoms with Crippen molar-refractivity contribution >= 4 is 5.91 Å². The van der Waals surface area contributed by atoms with Gasteiger partial charge in [-0.05, 0) is 6.92 Å². The molecule has 1 amide bonds. The highest BCUT2D eigenvalue weighted by molar-refractivity contribution is 5.79. The molecule has 0 saturated carbocycles. The molecule has 62 valence electrons. The van der Waals surface area contributed by atoms with Gasteiger partial charge in [-0.25, -0.2) is 0 Å². The minimum Gasteiger partial charge on any atom is -0.391 e. The second kappa shape index (κ2) is 3.05. The summed E-state index contributed by atoms with van der Waals surface area (Å²) < 4.78 is 0. The average Bonchev–Trinajstić information content (AvgIpc) is 2.09. The first kappa shape index (κ1) is 8.27. The Morgan fingerprint density at radius 2 is 2.55 bits per heavy atom. The van der Waals surface area contributed by atoms with Gasteiger partial charge in [0.05, 0.1) is 12.5 Å². The SMILES string of the molecule is C=C(C)CN1CC(O)CC1=O. The number of hydrogen-bond donors (Lipinski definition) is 1. The third kappa shape index (κ3) is 2.05. The summed E-state index contributed by atoms with van der Waals surface area (Å²) in [6.45, 7) is 6.62.